The molecule has 16 heavy (non-hydrogen) atoms. The lowest BCUT2D eigenvalue weighted by atomic mass is 10.3. The van der Waals surface area contributed by atoms with Crippen molar-refractivity contribution in [3.63, 3.8) is 0 Å². The van der Waals surface area contributed by atoms with Crippen LogP contribution in [0.1, 0.15) is 12.8 Å². The molecular formula is C10H19N3O3. The average Bonchev–Trinajstić information content (AvgIpc) is 2.25. The molecule has 1 heterocycles. The zero-order valence-electron chi connectivity index (χ0n) is 9.37. The molecule has 0 aromatic carbocycles. The molecule has 1 aliphatic rings. The molecule has 0 unspecified atom stereocenters. The Morgan fingerprint density at radius 3 is 2.62 bits per heavy atom. The van der Waals surface area contributed by atoms with E-state index in [9.17, 15) is 9.59 Å². The Morgan fingerprint density at radius 1 is 1.31 bits per heavy atom. The first kappa shape index (κ1) is 12.9. The van der Waals surface area contributed by atoms with Gasteiger partial charge in [-0.1, -0.05) is 0 Å². The summed E-state index contributed by atoms with van der Waals surface area (Å²) in [6.45, 7) is 4.48. The molecule has 6 nitrogen and oxygen atoms in total. The van der Waals surface area contributed by atoms with Gasteiger partial charge in [-0.25, -0.2) is 0 Å². The molecule has 1 amide bonds. The molecule has 0 spiro atoms. The van der Waals surface area contributed by atoms with Gasteiger partial charge in [-0.15, -0.1) is 0 Å². The quantitative estimate of drug-likeness (QED) is 0.502. The second kappa shape index (κ2) is 7.19. The van der Waals surface area contributed by atoms with Crippen molar-refractivity contribution in [2.24, 2.45) is 0 Å². The Hall–Kier alpha value is -1.14. The second-order valence-corrected chi connectivity index (χ2v) is 3.87. The van der Waals surface area contributed by atoms with Crippen LogP contribution in [-0.2, 0) is 9.59 Å². The van der Waals surface area contributed by atoms with E-state index in [1.807, 2.05) is 0 Å². The number of hydrogen-bond donors (Lipinski definition) is 3. The van der Waals surface area contributed by atoms with E-state index in [2.05, 4.69) is 15.5 Å². The van der Waals surface area contributed by atoms with Crippen LogP contribution in [0.2, 0.25) is 0 Å². The first-order chi connectivity index (χ1) is 7.68. The van der Waals surface area contributed by atoms with E-state index in [-0.39, 0.29) is 12.3 Å². The number of hydrogen-bond acceptors (Lipinski definition) is 4. The fraction of sp³-hybridized carbons (Fsp3) is 0.800. The predicted molar refractivity (Wildman–Crippen MR) is 59.2 cm³/mol. The SMILES string of the molecule is O=C(O)CCCNC(=O)CN1CCNCC1. The van der Waals surface area contributed by atoms with E-state index in [0.29, 0.717) is 19.5 Å². The highest BCUT2D eigenvalue weighted by molar-refractivity contribution is 5.78. The average molecular weight is 229 g/mol. The summed E-state index contributed by atoms with van der Waals surface area (Å²) >= 11 is 0. The molecule has 1 saturated heterocycles. The third-order valence-electron chi connectivity index (χ3n) is 2.47. The van der Waals surface area contributed by atoms with Gasteiger partial charge in [0.05, 0.1) is 6.54 Å². The smallest absolute Gasteiger partial charge is 0.303 e. The minimum Gasteiger partial charge on any atom is -0.481 e. The molecule has 0 saturated carbocycles. The molecule has 1 aliphatic heterocycles. The van der Waals surface area contributed by atoms with Crippen molar-refractivity contribution in [1.29, 1.82) is 0 Å². The third-order valence-corrected chi connectivity index (χ3v) is 2.47. The summed E-state index contributed by atoms with van der Waals surface area (Å²) in [7, 11) is 0. The normalized spacial score (nSPS) is 17.0. The number of carbonyl (C=O) groups is 2. The Bertz CT molecular complexity index is 239. The van der Waals surface area contributed by atoms with Gasteiger partial charge in [0.25, 0.3) is 0 Å². The number of carbonyl (C=O) groups excluding carboxylic acids is 1. The maximum absolute atomic E-state index is 11.4. The van der Waals surface area contributed by atoms with Crippen molar-refractivity contribution in [2.75, 3.05) is 39.3 Å². The van der Waals surface area contributed by atoms with Crippen molar-refractivity contribution in [2.45, 2.75) is 12.8 Å². The number of nitrogens with one attached hydrogen (secondary N) is 2. The highest BCUT2D eigenvalue weighted by Crippen LogP contribution is 1.91. The number of carboxylic acid groups (broad SMARTS) is 1. The highest BCUT2D eigenvalue weighted by atomic mass is 16.4. The van der Waals surface area contributed by atoms with Crippen LogP contribution in [0, 0.1) is 0 Å². The lowest BCUT2D eigenvalue weighted by molar-refractivity contribution is -0.137. The largest absolute Gasteiger partial charge is 0.481 e. The lowest BCUT2D eigenvalue weighted by Crippen LogP contribution is -2.47. The topological polar surface area (TPSA) is 81.7 Å². The zero-order valence-corrected chi connectivity index (χ0v) is 9.37. The molecule has 0 aliphatic carbocycles. The second-order valence-electron chi connectivity index (χ2n) is 3.87. The zero-order chi connectivity index (χ0) is 11.8. The van der Waals surface area contributed by atoms with Gasteiger partial charge in [-0.2, -0.15) is 0 Å². The maximum Gasteiger partial charge on any atom is 0.303 e. The number of carboxylic acids is 1. The maximum atomic E-state index is 11.4. The molecular weight excluding hydrogens is 210 g/mol. The number of nitrogens with zero attached hydrogens (tertiary/aromatic N) is 1. The van der Waals surface area contributed by atoms with Gasteiger partial charge in [0.1, 0.15) is 0 Å². The van der Waals surface area contributed by atoms with E-state index in [4.69, 9.17) is 5.11 Å². The summed E-state index contributed by atoms with van der Waals surface area (Å²) in [5, 5.41) is 14.3. The van der Waals surface area contributed by atoms with E-state index < -0.39 is 5.97 Å². The molecule has 0 radical (unpaired) electrons. The summed E-state index contributed by atoms with van der Waals surface area (Å²) in [5.41, 5.74) is 0. The van der Waals surface area contributed by atoms with Crippen molar-refractivity contribution < 1.29 is 14.7 Å². The molecule has 0 atom stereocenters. The molecule has 0 aromatic heterocycles. The van der Waals surface area contributed by atoms with E-state index in [0.717, 1.165) is 26.2 Å². The van der Waals surface area contributed by atoms with Crippen molar-refractivity contribution in [3.05, 3.63) is 0 Å². The summed E-state index contributed by atoms with van der Waals surface area (Å²) < 4.78 is 0. The molecule has 0 bridgehead atoms. The monoisotopic (exact) mass is 229 g/mol. The Labute approximate surface area is 95.0 Å². The van der Waals surface area contributed by atoms with Gasteiger partial charge in [-0.05, 0) is 6.42 Å². The van der Waals surface area contributed by atoms with Crippen LogP contribution in [0.15, 0.2) is 0 Å². The molecule has 0 aromatic rings. The van der Waals surface area contributed by atoms with Crippen LogP contribution in [0.25, 0.3) is 0 Å². The minimum absolute atomic E-state index is 0.0210. The fourth-order valence-electron chi connectivity index (χ4n) is 1.60. The highest BCUT2D eigenvalue weighted by Gasteiger charge is 2.12. The fourth-order valence-corrected chi connectivity index (χ4v) is 1.60. The van der Waals surface area contributed by atoms with Crippen LogP contribution in [0.4, 0.5) is 0 Å². The lowest BCUT2D eigenvalue weighted by Gasteiger charge is -2.26. The molecule has 6 heteroatoms. The van der Waals surface area contributed by atoms with Crippen LogP contribution in [-0.4, -0.2) is 61.2 Å². The molecule has 92 valence electrons. The first-order valence-electron chi connectivity index (χ1n) is 5.60. The number of aliphatic carboxylic acids is 1. The first-order valence-corrected chi connectivity index (χ1v) is 5.60. The Balaban J connectivity index is 2.03. The summed E-state index contributed by atoms with van der Waals surface area (Å²) in [4.78, 5) is 23.8. The van der Waals surface area contributed by atoms with Crippen molar-refractivity contribution in [3.8, 4) is 0 Å². The number of amides is 1. The van der Waals surface area contributed by atoms with Crippen molar-refractivity contribution >= 4 is 11.9 Å². The molecule has 1 rings (SSSR count). The van der Waals surface area contributed by atoms with Gasteiger partial charge in [0.15, 0.2) is 0 Å². The van der Waals surface area contributed by atoms with E-state index in [1.54, 1.807) is 0 Å². The summed E-state index contributed by atoms with van der Waals surface area (Å²) in [6, 6.07) is 0. The molecule has 1 fully saturated rings. The van der Waals surface area contributed by atoms with E-state index in [1.165, 1.54) is 0 Å². The number of rotatable bonds is 6. The predicted octanol–water partition coefficient (Wildman–Crippen LogP) is -1.13. The standard InChI is InChI=1S/C10H19N3O3/c14-9(12-3-1-2-10(15)16)8-13-6-4-11-5-7-13/h11H,1-8H2,(H,12,14)(H,15,16). The van der Waals surface area contributed by atoms with Crippen LogP contribution in [0.5, 0.6) is 0 Å². The number of piperazine rings is 1. The van der Waals surface area contributed by atoms with Crippen LogP contribution >= 0.6 is 0 Å². The Kier molecular flexibility index (Phi) is 5.81. The Morgan fingerprint density at radius 2 is 2.00 bits per heavy atom. The van der Waals surface area contributed by atoms with Gasteiger partial charge in [0.2, 0.25) is 5.91 Å². The van der Waals surface area contributed by atoms with Crippen LogP contribution in [0.3, 0.4) is 0 Å². The van der Waals surface area contributed by atoms with Gasteiger partial charge in [-0.3, -0.25) is 14.5 Å². The van der Waals surface area contributed by atoms with Gasteiger partial charge < -0.3 is 15.7 Å². The molecule has 3 N–H and O–H groups in total. The summed E-state index contributed by atoms with van der Waals surface area (Å²) in [5.74, 6) is -0.844. The van der Waals surface area contributed by atoms with Crippen LogP contribution < -0.4 is 10.6 Å². The third kappa shape index (κ3) is 5.67. The van der Waals surface area contributed by atoms with Crippen molar-refractivity contribution in [1.82, 2.24) is 15.5 Å². The van der Waals surface area contributed by atoms with E-state index >= 15 is 0 Å². The minimum atomic E-state index is -0.823. The van der Waals surface area contributed by atoms with Gasteiger partial charge >= 0.3 is 5.97 Å². The van der Waals surface area contributed by atoms with Gasteiger partial charge in [0, 0.05) is 39.1 Å². The summed E-state index contributed by atoms with van der Waals surface area (Å²) in [6.07, 6.45) is 0.594.